The Morgan fingerprint density at radius 2 is 1.71 bits per heavy atom. The Bertz CT molecular complexity index is 1730. The van der Waals surface area contributed by atoms with Crippen LogP contribution in [0.4, 0.5) is 10.8 Å². The van der Waals surface area contributed by atoms with E-state index < -0.39 is 0 Å². The van der Waals surface area contributed by atoms with Crippen LogP contribution in [-0.2, 0) is 0 Å². The molecule has 0 radical (unpaired) electrons. The number of ether oxygens (including phenoxy) is 1. The lowest BCUT2D eigenvalue weighted by atomic mass is 10.0. The van der Waals surface area contributed by atoms with E-state index in [2.05, 4.69) is 43.0 Å². The monoisotopic (exact) mass is 480 g/mol. The van der Waals surface area contributed by atoms with Crippen molar-refractivity contribution in [1.82, 2.24) is 9.97 Å². The predicted molar refractivity (Wildman–Crippen MR) is 143 cm³/mol. The maximum Gasteiger partial charge on any atom is 0.210 e. The van der Waals surface area contributed by atoms with Gasteiger partial charge in [-0.05, 0) is 44.2 Å². The maximum atomic E-state index is 6.42. The van der Waals surface area contributed by atoms with Crippen LogP contribution in [0.2, 0.25) is 0 Å². The molecule has 0 N–H and O–H groups in total. The average Bonchev–Trinajstić information content (AvgIpc) is 3.30. The van der Waals surface area contributed by atoms with E-state index in [9.17, 15) is 0 Å². The first-order chi connectivity index (χ1) is 17.2. The maximum absolute atomic E-state index is 6.42. The molecule has 7 heteroatoms. The summed E-state index contributed by atoms with van der Waals surface area (Å²) in [6.45, 7) is 6.18. The van der Waals surface area contributed by atoms with Crippen molar-refractivity contribution in [1.29, 1.82) is 0 Å². The zero-order valence-electron chi connectivity index (χ0n) is 19.8. The van der Waals surface area contributed by atoms with E-state index in [1.807, 2.05) is 42.5 Å². The zero-order valence-corrected chi connectivity index (χ0v) is 20.6. The summed E-state index contributed by atoms with van der Waals surface area (Å²) in [7, 11) is 1.67. The van der Waals surface area contributed by atoms with Gasteiger partial charge in [0, 0.05) is 41.7 Å². The van der Waals surface area contributed by atoms with E-state index in [1.54, 1.807) is 7.11 Å². The minimum Gasteiger partial charge on any atom is -0.497 e. The summed E-state index contributed by atoms with van der Waals surface area (Å²) in [5.74, 6) is 1.51. The molecule has 4 aromatic rings. The lowest BCUT2D eigenvalue weighted by Gasteiger charge is -2.21. The van der Waals surface area contributed by atoms with Crippen molar-refractivity contribution in [2.75, 3.05) is 25.1 Å². The molecular formula is C28H24N4O2S. The zero-order chi connectivity index (χ0) is 23.9. The van der Waals surface area contributed by atoms with Crippen LogP contribution < -0.4 is 15.0 Å². The van der Waals surface area contributed by atoms with Gasteiger partial charge in [-0.25, -0.2) is 15.0 Å². The van der Waals surface area contributed by atoms with Gasteiger partial charge in [0.15, 0.2) is 11.3 Å². The van der Waals surface area contributed by atoms with Crippen molar-refractivity contribution in [3.63, 3.8) is 0 Å². The summed E-state index contributed by atoms with van der Waals surface area (Å²) < 4.78 is 12.8. The highest BCUT2D eigenvalue weighted by Crippen LogP contribution is 2.33. The summed E-state index contributed by atoms with van der Waals surface area (Å²) in [6.07, 6.45) is 0. The number of anilines is 1. The van der Waals surface area contributed by atoms with Crippen LogP contribution in [0.15, 0.2) is 76.1 Å². The molecule has 0 amide bonds. The summed E-state index contributed by atoms with van der Waals surface area (Å²) in [4.78, 5) is 16.9. The van der Waals surface area contributed by atoms with E-state index in [0.29, 0.717) is 10.9 Å². The molecule has 1 aromatic heterocycles. The third-order valence-corrected chi connectivity index (χ3v) is 7.20. The summed E-state index contributed by atoms with van der Waals surface area (Å²) >= 11 is 1.54. The molecule has 6 nitrogen and oxygen atoms in total. The van der Waals surface area contributed by atoms with Crippen LogP contribution in [0, 0.1) is 0 Å². The molecule has 3 aromatic carbocycles. The van der Waals surface area contributed by atoms with Crippen LogP contribution in [0.1, 0.15) is 13.8 Å². The fourth-order valence-corrected chi connectivity index (χ4v) is 5.35. The average molecular weight is 481 g/mol. The Kier molecular flexibility index (Phi) is 5.34. The molecule has 174 valence electrons. The van der Waals surface area contributed by atoms with Crippen LogP contribution >= 0.6 is 11.3 Å². The molecule has 0 saturated heterocycles. The van der Waals surface area contributed by atoms with Crippen molar-refractivity contribution in [2.24, 2.45) is 4.99 Å². The topological polar surface area (TPSA) is 63.8 Å². The molecule has 6 rings (SSSR count). The SMILES string of the molecule is CCN(CC)c1ccc2nc3c4ccccc4/c(=N/c4nc5ccc(OC)cc5s4)cc-3oc2c1. The third-order valence-electron chi connectivity index (χ3n) is 6.28. The number of methoxy groups -OCH3 is 1. The van der Waals surface area contributed by atoms with Crippen molar-refractivity contribution >= 4 is 54.2 Å². The quantitative estimate of drug-likeness (QED) is 0.201. The molecule has 35 heavy (non-hydrogen) atoms. The third kappa shape index (κ3) is 3.78. The molecule has 0 unspecified atom stereocenters. The van der Waals surface area contributed by atoms with Crippen molar-refractivity contribution < 1.29 is 9.15 Å². The number of thiazole rings is 1. The van der Waals surface area contributed by atoms with E-state index in [4.69, 9.17) is 24.1 Å². The van der Waals surface area contributed by atoms with Gasteiger partial charge >= 0.3 is 0 Å². The van der Waals surface area contributed by atoms with E-state index >= 15 is 0 Å². The van der Waals surface area contributed by atoms with E-state index in [0.717, 1.165) is 67.7 Å². The van der Waals surface area contributed by atoms with Gasteiger partial charge in [-0.2, -0.15) is 0 Å². The molecule has 2 heterocycles. The Balaban J connectivity index is 1.58. The second-order valence-electron chi connectivity index (χ2n) is 8.27. The lowest BCUT2D eigenvalue weighted by Crippen LogP contribution is -2.21. The van der Waals surface area contributed by atoms with E-state index in [-0.39, 0.29) is 0 Å². The standard InChI is InChI=1S/C28H24N4O2S/c1-4-32(5-2)17-10-12-21-24(14-17)34-25-16-23(19-8-6-7-9-20(19)27(25)29-21)31-28-30-22-13-11-18(33-3)15-26(22)35-28/h6-16H,4-5H2,1-3H3/b31-23+. The highest BCUT2D eigenvalue weighted by molar-refractivity contribution is 7.21. The highest BCUT2D eigenvalue weighted by atomic mass is 32.1. The molecule has 0 bridgehead atoms. The van der Waals surface area contributed by atoms with Gasteiger partial charge in [-0.1, -0.05) is 35.6 Å². The first-order valence-electron chi connectivity index (χ1n) is 11.7. The minimum atomic E-state index is 0.690. The molecule has 0 spiro atoms. The minimum absolute atomic E-state index is 0.690. The van der Waals surface area contributed by atoms with Crippen molar-refractivity contribution in [3.8, 4) is 17.2 Å². The molecule has 0 fully saturated rings. The Morgan fingerprint density at radius 1 is 0.914 bits per heavy atom. The van der Waals surface area contributed by atoms with Crippen LogP contribution in [0.5, 0.6) is 5.75 Å². The second-order valence-corrected chi connectivity index (χ2v) is 9.28. The normalized spacial score (nSPS) is 12.3. The van der Waals surface area contributed by atoms with Gasteiger partial charge in [0.05, 0.1) is 22.7 Å². The van der Waals surface area contributed by atoms with Crippen molar-refractivity contribution in [3.05, 3.63) is 72.1 Å². The largest absolute Gasteiger partial charge is 0.497 e. The van der Waals surface area contributed by atoms with Crippen LogP contribution in [-0.4, -0.2) is 30.2 Å². The highest BCUT2D eigenvalue weighted by Gasteiger charge is 2.16. The number of hydrogen-bond acceptors (Lipinski definition) is 7. The number of rotatable bonds is 5. The fraction of sp³-hybridized carbons (Fsp3) is 0.179. The number of hydrogen-bond donors (Lipinski definition) is 0. The number of fused-ring (bicyclic) bond motifs is 5. The molecule has 1 aliphatic heterocycles. The van der Waals surface area contributed by atoms with Gasteiger partial charge in [0.2, 0.25) is 5.13 Å². The summed E-state index contributed by atoms with van der Waals surface area (Å²) in [6, 6.07) is 22.2. The van der Waals surface area contributed by atoms with Crippen molar-refractivity contribution in [2.45, 2.75) is 13.8 Å². The fourth-order valence-electron chi connectivity index (χ4n) is 4.47. The summed E-state index contributed by atoms with van der Waals surface area (Å²) in [5, 5.41) is 3.52. The smallest absolute Gasteiger partial charge is 0.210 e. The number of benzene rings is 4. The Morgan fingerprint density at radius 3 is 2.51 bits per heavy atom. The Hall–Kier alpha value is -3.97. The van der Waals surface area contributed by atoms with Gasteiger partial charge in [-0.3, -0.25) is 0 Å². The van der Waals surface area contributed by atoms with Crippen LogP contribution in [0.25, 0.3) is 43.5 Å². The Labute approximate surface area is 206 Å². The van der Waals surface area contributed by atoms with E-state index in [1.165, 1.54) is 11.3 Å². The first kappa shape index (κ1) is 21.6. The molecule has 0 saturated carbocycles. The number of aromatic nitrogens is 2. The molecule has 1 aliphatic carbocycles. The first-order valence-corrected chi connectivity index (χ1v) is 12.5. The molecule has 0 atom stereocenters. The van der Waals surface area contributed by atoms with Gasteiger partial charge < -0.3 is 14.1 Å². The molecular weight excluding hydrogens is 456 g/mol. The predicted octanol–water partition coefficient (Wildman–Crippen LogP) is 6.78. The van der Waals surface area contributed by atoms with Crippen LogP contribution in [0.3, 0.4) is 0 Å². The van der Waals surface area contributed by atoms with Gasteiger partial charge in [0.25, 0.3) is 0 Å². The number of nitrogens with zero attached hydrogens (tertiary/aromatic N) is 4. The van der Waals surface area contributed by atoms with Gasteiger partial charge in [0.1, 0.15) is 17.0 Å². The second kappa shape index (κ2) is 8.67. The lowest BCUT2D eigenvalue weighted by molar-refractivity contribution is 0.415. The summed E-state index contributed by atoms with van der Waals surface area (Å²) in [5.41, 5.74) is 4.46. The molecule has 2 aliphatic rings. The van der Waals surface area contributed by atoms with Gasteiger partial charge in [-0.15, -0.1) is 0 Å².